The molecule has 1 aliphatic heterocycles. The van der Waals surface area contributed by atoms with Crippen LogP contribution in [0.15, 0.2) is 42.5 Å². The molecule has 2 aromatic carbocycles. The lowest BCUT2D eigenvalue weighted by molar-refractivity contribution is 0.102. The van der Waals surface area contributed by atoms with E-state index in [4.69, 9.17) is 11.6 Å². The summed E-state index contributed by atoms with van der Waals surface area (Å²) in [6.45, 7) is 5.25. The zero-order valence-electron chi connectivity index (χ0n) is 17.9. The smallest absolute Gasteiger partial charge is 0.321 e. The first-order valence-corrected chi connectivity index (χ1v) is 11.6. The number of nitrogens with zero attached hydrogens (tertiary/aromatic N) is 3. The van der Waals surface area contributed by atoms with Gasteiger partial charge in [-0.3, -0.25) is 4.79 Å². The summed E-state index contributed by atoms with van der Waals surface area (Å²) in [5.74, 6) is -0.268. The van der Waals surface area contributed by atoms with E-state index in [9.17, 15) is 9.59 Å². The molecule has 1 fully saturated rings. The standard InChI is InChI=1S/C23H24ClN5O2S/c1-14-9-15(2)11-19(10-14)26-23(31)29-8-4-5-16(13-29)21-27-28-22(32-21)20(30)25-18-7-3-6-17(24)12-18/h3,6-7,9-12,16H,4-5,8,13H2,1-2H3,(H,25,30)(H,26,31)/t16-/m0/s1. The monoisotopic (exact) mass is 469 g/mol. The fourth-order valence-corrected chi connectivity index (χ4v) is 4.91. The van der Waals surface area contributed by atoms with Gasteiger partial charge in [-0.25, -0.2) is 4.79 Å². The Hall–Kier alpha value is -2.97. The van der Waals surface area contributed by atoms with Gasteiger partial charge in [0.25, 0.3) is 5.91 Å². The Morgan fingerprint density at radius 2 is 1.84 bits per heavy atom. The molecule has 0 bridgehead atoms. The number of aromatic nitrogens is 2. The van der Waals surface area contributed by atoms with Gasteiger partial charge in [-0.2, -0.15) is 0 Å². The van der Waals surface area contributed by atoms with Crippen molar-refractivity contribution in [3.8, 4) is 0 Å². The number of benzene rings is 2. The molecule has 0 spiro atoms. The number of amides is 3. The van der Waals surface area contributed by atoms with Gasteiger partial charge in [-0.1, -0.05) is 35.1 Å². The lowest BCUT2D eigenvalue weighted by Gasteiger charge is -2.31. The van der Waals surface area contributed by atoms with Gasteiger partial charge in [0.2, 0.25) is 5.01 Å². The summed E-state index contributed by atoms with van der Waals surface area (Å²) >= 11 is 7.24. The zero-order valence-corrected chi connectivity index (χ0v) is 19.5. The van der Waals surface area contributed by atoms with Crippen LogP contribution in [0.25, 0.3) is 0 Å². The van der Waals surface area contributed by atoms with E-state index in [2.05, 4.69) is 26.9 Å². The van der Waals surface area contributed by atoms with Crippen molar-refractivity contribution in [2.45, 2.75) is 32.6 Å². The third-order valence-corrected chi connectivity index (χ3v) is 6.57. The molecule has 3 amide bonds. The number of urea groups is 1. The van der Waals surface area contributed by atoms with Crippen LogP contribution in [0.2, 0.25) is 5.02 Å². The van der Waals surface area contributed by atoms with E-state index in [0.29, 0.717) is 23.8 Å². The Kier molecular flexibility index (Phi) is 6.72. The van der Waals surface area contributed by atoms with Crippen LogP contribution in [0.5, 0.6) is 0 Å². The first-order valence-electron chi connectivity index (χ1n) is 10.4. The van der Waals surface area contributed by atoms with Crippen molar-refractivity contribution in [2.75, 3.05) is 23.7 Å². The molecule has 32 heavy (non-hydrogen) atoms. The van der Waals surface area contributed by atoms with Crippen LogP contribution >= 0.6 is 22.9 Å². The Morgan fingerprint density at radius 3 is 2.59 bits per heavy atom. The molecule has 1 saturated heterocycles. The van der Waals surface area contributed by atoms with Crippen molar-refractivity contribution < 1.29 is 9.59 Å². The van der Waals surface area contributed by atoms with Crippen LogP contribution in [0.4, 0.5) is 16.2 Å². The second kappa shape index (κ2) is 9.67. The second-order valence-corrected chi connectivity index (χ2v) is 9.45. The highest BCUT2D eigenvalue weighted by Crippen LogP contribution is 2.30. The molecule has 1 aliphatic rings. The molecule has 2 heterocycles. The molecule has 4 rings (SSSR count). The first-order chi connectivity index (χ1) is 15.4. The average molecular weight is 470 g/mol. The van der Waals surface area contributed by atoms with Crippen LogP contribution in [0, 0.1) is 13.8 Å². The summed E-state index contributed by atoms with van der Waals surface area (Å²) in [5, 5.41) is 15.7. The average Bonchev–Trinajstić information content (AvgIpc) is 3.24. The summed E-state index contributed by atoms with van der Waals surface area (Å²) in [6, 6.07) is 12.8. The molecule has 7 nitrogen and oxygen atoms in total. The van der Waals surface area contributed by atoms with Gasteiger partial charge >= 0.3 is 6.03 Å². The lowest BCUT2D eigenvalue weighted by Crippen LogP contribution is -2.41. The lowest BCUT2D eigenvalue weighted by atomic mass is 9.99. The predicted octanol–water partition coefficient (Wildman–Crippen LogP) is 5.47. The fourth-order valence-electron chi connectivity index (χ4n) is 3.85. The van der Waals surface area contributed by atoms with Gasteiger partial charge in [0, 0.05) is 35.4 Å². The summed E-state index contributed by atoms with van der Waals surface area (Å²) in [5.41, 5.74) is 3.61. The Balaban J connectivity index is 1.39. The van der Waals surface area contributed by atoms with Gasteiger partial charge in [0.05, 0.1) is 0 Å². The molecular formula is C23H24ClN5O2S. The Bertz CT molecular complexity index is 1130. The number of halogens is 1. The molecule has 1 atom stereocenters. The number of aryl methyl sites for hydroxylation is 2. The van der Waals surface area contributed by atoms with E-state index < -0.39 is 0 Å². The largest absolute Gasteiger partial charge is 0.324 e. The van der Waals surface area contributed by atoms with Crippen molar-refractivity contribution in [1.82, 2.24) is 15.1 Å². The quantitative estimate of drug-likeness (QED) is 0.530. The number of piperidine rings is 1. The Morgan fingerprint density at radius 1 is 1.06 bits per heavy atom. The maximum atomic E-state index is 12.8. The van der Waals surface area contributed by atoms with E-state index in [1.807, 2.05) is 26.0 Å². The number of nitrogens with one attached hydrogen (secondary N) is 2. The number of hydrogen-bond acceptors (Lipinski definition) is 5. The van der Waals surface area contributed by atoms with Gasteiger partial charge in [0.15, 0.2) is 0 Å². The van der Waals surface area contributed by atoms with Crippen LogP contribution < -0.4 is 10.6 Å². The minimum atomic E-state index is -0.323. The van der Waals surface area contributed by atoms with Crippen molar-refractivity contribution in [3.05, 3.63) is 68.6 Å². The van der Waals surface area contributed by atoms with Gasteiger partial charge in [-0.15, -0.1) is 10.2 Å². The van der Waals surface area contributed by atoms with Crippen LogP contribution in [0.3, 0.4) is 0 Å². The molecule has 0 saturated carbocycles. The van der Waals surface area contributed by atoms with E-state index in [0.717, 1.165) is 34.7 Å². The zero-order chi connectivity index (χ0) is 22.7. The Labute approximate surface area is 195 Å². The van der Waals surface area contributed by atoms with Crippen molar-refractivity contribution in [3.63, 3.8) is 0 Å². The van der Waals surface area contributed by atoms with Crippen LogP contribution in [0.1, 0.15) is 44.7 Å². The minimum absolute atomic E-state index is 0.0546. The maximum absolute atomic E-state index is 12.8. The molecule has 2 N–H and O–H groups in total. The number of rotatable bonds is 4. The molecule has 0 unspecified atom stereocenters. The molecule has 9 heteroatoms. The number of hydrogen-bond donors (Lipinski definition) is 2. The van der Waals surface area contributed by atoms with Gasteiger partial charge < -0.3 is 15.5 Å². The molecule has 0 radical (unpaired) electrons. The minimum Gasteiger partial charge on any atom is -0.324 e. The summed E-state index contributed by atoms with van der Waals surface area (Å²) in [6.07, 6.45) is 1.77. The number of anilines is 2. The molecule has 1 aromatic heterocycles. The molecular weight excluding hydrogens is 446 g/mol. The van der Waals surface area contributed by atoms with Gasteiger partial charge in [0.1, 0.15) is 5.01 Å². The summed E-state index contributed by atoms with van der Waals surface area (Å²) < 4.78 is 0. The van der Waals surface area contributed by atoms with Crippen molar-refractivity contribution in [1.29, 1.82) is 0 Å². The third-order valence-electron chi connectivity index (χ3n) is 5.25. The first kappa shape index (κ1) is 22.2. The summed E-state index contributed by atoms with van der Waals surface area (Å²) in [7, 11) is 0. The highest BCUT2D eigenvalue weighted by atomic mass is 35.5. The topological polar surface area (TPSA) is 87.2 Å². The van der Waals surface area contributed by atoms with Crippen LogP contribution in [-0.2, 0) is 0 Å². The fraction of sp³-hybridized carbons (Fsp3) is 0.304. The maximum Gasteiger partial charge on any atom is 0.321 e. The summed E-state index contributed by atoms with van der Waals surface area (Å²) in [4.78, 5) is 27.2. The van der Waals surface area contributed by atoms with E-state index in [1.54, 1.807) is 29.2 Å². The van der Waals surface area contributed by atoms with E-state index in [-0.39, 0.29) is 22.9 Å². The van der Waals surface area contributed by atoms with E-state index in [1.165, 1.54) is 11.3 Å². The van der Waals surface area contributed by atoms with E-state index >= 15 is 0 Å². The van der Waals surface area contributed by atoms with Crippen molar-refractivity contribution in [2.24, 2.45) is 0 Å². The van der Waals surface area contributed by atoms with Gasteiger partial charge in [-0.05, 0) is 68.1 Å². The molecule has 166 valence electrons. The highest BCUT2D eigenvalue weighted by molar-refractivity contribution is 7.13. The number of carbonyl (C=O) groups excluding carboxylic acids is 2. The SMILES string of the molecule is Cc1cc(C)cc(NC(=O)N2CCC[C@H](c3nnc(C(=O)Nc4cccc(Cl)c4)s3)C2)c1. The molecule has 0 aliphatic carbocycles. The van der Waals surface area contributed by atoms with Crippen molar-refractivity contribution >= 4 is 46.3 Å². The second-order valence-electron chi connectivity index (χ2n) is 8.00. The number of carbonyl (C=O) groups is 2. The predicted molar refractivity (Wildman–Crippen MR) is 128 cm³/mol. The third kappa shape index (κ3) is 5.44. The van der Waals surface area contributed by atoms with Crippen LogP contribution in [-0.4, -0.2) is 40.1 Å². The normalized spacial score (nSPS) is 16.0. The highest BCUT2D eigenvalue weighted by Gasteiger charge is 2.28. The molecule has 3 aromatic rings. The number of likely N-dealkylation sites (tertiary alicyclic amines) is 1.